The van der Waals surface area contributed by atoms with Crippen molar-refractivity contribution in [3.05, 3.63) is 35.7 Å². The molecule has 7 nitrogen and oxygen atoms in total. The minimum Gasteiger partial charge on any atom is -0.497 e. The number of nitrogens with one attached hydrogen (secondary N) is 1. The molecule has 0 aliphatic carbocycles. The Hall–Kier alpha value is -2.38. The van der Waals surface area contributed by atoms with Gasteiger partial charge >= 0.3 is 0 Å². The van der Waals surface area contributed by atoms with E-state index in [2.05, 4.69) is 9.88 Å². The number of hydrogen-bond donors (Lipinski definition) is 1. The average Bonchev–Trinajstić information content (AvgIpc) is 3.13. The topological polar surface area (TPSA) is 70.7 Å². The number of amides is 1. The number of carbonyl (C=O) groups excluding carboxylic acids is 1. The van der Waals surface area contributed by atoms with Crippen molar-refractivity contribution < 1.29 is 14.3 Å². The number of aromatic nitrogens is 2. The maximum absolute atomic E-state index is 12.6. The van der Waals surface area contributed by atoms with Crippen LogP contribution in [0.4, 0.5) is 0 Å². The van der Waals surface area contributed by atoms with Crippen molar-refractivity contribution in [2.45, 2.75) is 19.4 Å². The summed E-state index contributed by atoms with van der Waals surface area (Å²) in [6, 6.07) is 7.83. The molecule has 146 valence electrons. The zero-order valence-electron chi connectivity index (χ0n) is 16.3. The molecule has 1 aliphatic heterocycles. The highest BCUT2D eigenvalue weighted by Crippen LogP contribution is 2.25. The highest BCUT2D eigenvalue weighted by Gasteiger charge is 2.24. The number of nitrogens with zero attached hydrogens (tertiary/aromatic N) is 3. The lowest BCUT2D eigenvalue weighted by molar-refractivity contribution is -0.132. The largest absolute Gasteiger partial charge is 0.497 e. The third-order valence-corrected chi connectivity index (χ3v) is 4.91. The molecule has 1 aliphatic rings. The number of benzene rings is 1. The molecule has 2 aromatic rings. The Bertz CT molecular complexity index is 774. The minimum absolute atomic E-state index is 0.183. The summed E-state index contributed by atoms with van der Waals surface area (Å²) in [5.41, 5.74) is 3.07. The number of carbonyl (C=O) groups is 1. The molecule has 0 spiro atoms. The first-order valence-electron chi connectivity index (χ1n) is 9.28. The van der Waals surface area contributed by atoms with Gasteiger partial charge in [-0.05, 0) is 19.2 Å². The molecule has 0 atom stereocenters. The molecule has 0 bridgehead atoms. The van der Waals surface area contributed by atoms with E-state index >= 15 is 0 Å². The van der Waals surface area contributed by atoms with Gasteiger partial charge in [-0.2, -0.15) is 0 Å². The van der Waals surface area contributed by atoms with E-state index < -0.39 is 0 Å². The number of hydrogen-bond acceptors (Lipinski definition) is 5. The standard InChI is InChI=1S/C20H28N4O3/c1-23(11-12-26-2)9-8-19(25)24-10-7-17-18(14-24)22-20(21-17)15-5-4-6-16(13-15)27-3/h4-6,13H,7-12,14H2,1-3H3,(H,21,22). The Morgan fingerprint density at radius 3 is 2.96 bits per heavy atom. The Morgan fingerprint density at radius 2 is 2.19 bits per heavy atom. The number of fused-ring (bicyclic) bond motifs is 1. The first kappa shape index (κ1) is 19.4. The third-order valence-electron chi connectivity index (χ3n) is 4.91. The predicted molar refractivity (Wildman–Crippen MR) is 104 cm³/mol. The van der Waals surface area contributed by atoms with Crippen molar-refractivity contribution in [1.29, 1.82) is 0 Å². The molecule has 1 amide bonds. The molecule has 0 saturated carbocycles. The molecular weight excluding hydrogens is 344 g/mol. The molecule has 27 heavy (non-hydrogen) atoms. The van der Waals surface area contributed by atoms with E-state index in [4.69, 9.17) is 14.5 Å². The van der Waals surface area contributed by atoms with Gasteiger partial charge in [0.15, 0.2) is 0 Å². The van der Waals surface area contributed by atoms with Gasteiger partial charge < -0.3 is 24.3 Å². The van der Waals surface area contributed by atoms with Crippen molar-refractivity contribution in [1.82, 2.24) is 19.8 Å². The number of H-pyrrole nitrogens is 1. The maximum Gasteiger partial charge on any atom is 0.224 e. The van der Waals surface area contributed by atoms with Crippen LogP contribution in [0.1, 0.15) is 17.8 Å². The van der Waals surface area contributed by atoms with Gasteiger partial charge in [0.1, 0.15) is 11.6 Å². The van der Waals surface area contributed by atoms with Crippen molar-refractivity contribution in [2.24, 2.45) is 0 Å². The molecule has 3 rings (SSSR count). The SMILES string of the molecule is COCCN(C)CCC(=O)N1CCc2nc(-c3cccc(OC)c3)[nH]c2C1. The minimum atomic E-state index is 0.183. The highest BCUT2D eigenvalue weighted by atomic mass is 16.5. The second-order valence-corrected chi connectivity index (χ2v) is 6.85. The summed E-state index contributed by atoms with van der Waals surface area (Å²) in [6.07, 6.45) is 1.30. The average molecular weight is 372 g/mol. The van der Waals surface area contributed by atoms with Crippen LogP contribution in [0.2, 0.25) is 0 Å². The summed E-state index contributed by atoms with van der Waals surface area (Å²) < 4.78 is 10.4. The molecule has 1 aromatic carbocycles. The number of methoxy groups -OCH3 is 2. The van der Waals surface area contributed by atoms with E-state index in [1.54, 1.807) is 14.2 Å². The van der Waals surface area contributed by atoms with Gasteiger partial charge in [-0.25, -0.2) is 4.98 Å². The monoisotopic (exact) mass is 372 g/mol. The molecule has 1 N–H and O–H groups in total. The zero-order chi connectivity index (χ0) is 19.2. The lowest BCUT2D eigenvalue weighted by atomic mass is 10.1. The van der Waals surface area contributed by atoms with E-state index in [9.17, 15) is 4.79 Å². The van der Waals surface area contributed by atoms with Gasteiger partial charge in [0.05, 0.1) is 31.6 Å². The van der Waals surface area contributed by atoms with Gasteiger partial charge in [-0.15, -0.1) is 0 Å². The summed E-state index contributed by atoms with van der Waals surface area (Å²) >= 11 is 0. The van der Waals surface area contributed by atoms with Crippen LogP contribution in [0.5, 0.6) is 5.75 Å². The second-order valence-electron chi connectivity index (χ2n) is 6.85. The Labute approximate surface area is 160 Å². The molecular formula is C20H28N4O3. The quantitative estimate of drug-likeness (QED) is 0.767. The molecule has 0 fully saturated rings. The van der Waals surface area contributed by atoms with E-state index in [0.717, 1.165) is 54.6 Å². The van der Waals surface area contributed by atoms with Crippen molar-refractivity contribution in [3.63, 3.8) is 0 Å². The number of likely N-dealkylation sites (N-methyl/N-ethyl adjacent to an activating group) is 1. The molecule has 7 heteroatoms. The van der Waals surface area contributed by atoms with Gasteiger partial charge in [-0.1, -0.05) is 12.1 Å². The number of rotatable bonds is 8. The summed E-state index contributed by atoms with van der Waals surface area (Å²) in [5.74, 6) is 1.81. The first-order chi connectivity index (χ1) is 13.1. The van der Waals surface area contributed by atoms with Crippen LogP contribution in [0.25, 0.3) is 11.4 Å². The van der Waals surface area contributed by atoms with Gasteiger partial charge in [-0.3, -0.25) is 4.79 Å². The lowest BCUT2D eigenvalue weighted by Gasteiger charge is -2.27. The molecule has 1 aromatic heterocycles. The van der Waals surface area contributed by atoms with E-state index in [1.165, 1.54) is 0 Å². The van der Waals surface area contributed by atoms with Crippen molar-refractivity contribution in [2.75, 3.05) is 47.5 Å². The van der Waals surface area contributed by atoms with Crippen LogP contribution in [0, 0.1) is 0 Å². The van der Waals surface area contributed by atoms with Crippen LogP contribution < -0.4 is 4.74 Å². The molecule has 2 heterocycles. The molecule has 0 radical (unpaired) electrons. The fourth-order valence-electron chi connectivity index (χ4n) is 3.22. The van der Waals surface area contributed by atoms with Gasteiger partial charge in [0, 0.05) is 45.1 Å². The van der Waals surface area contributed by atoms with Crippen LogP contribution in [-0.2, 0) is 22.5 Å². The van der Waals surface area contributed by atoms with E-state index in [1.807, 2.05) is 36.2 Å². The molecule has 0 saturated heterocycles. The van der Waals surface area contributed by atoms with E-state index in [-0.39, 0.29) is 5.91 Å². The predicted octanol–water partition coefficient (Wildman–Crippen LogP) is 1.94. The molecule has 0 unspecified atom stereocenters. The number of imidazole rings is 1. The van der Waals surface area contributed by atoms with E-state index in [0.29, 0.717) is 19.6 Å². The summed E-state index contributed by atoms with van der Waals surface area (Å²) in [4.78, 5) is 24.7. The Morgan fingerprint density at radius 1 is 1.33 bits per heavy atom. The number of ether oxygens (including phenoxy) is 2. The van der Waals surface area contributed by atoms with Gasteiger partial charge in [0.25, 0.3) is 0 Å². The summed E-state index contributed by atoms with van der Waals surface area (Å²) in [6.45, 7) is 3.56. The van der Waals surface area contributed by atoms with Gasteiger partial charge in [0.2, 0.25) is 5.91 Å². The maximum atomic E-state index is 12.6. The van der Waals surface area contributed by atoms with Crippen molar-refractivity contribution in [3.8, 4) is 17.1 Å². The zero-order valence-corrected chi connectivity index (χ0v) is 16.3. The van der Waals surface area contributed by atoms with Crippen LogP contribution in [0.15, 0.2) is 24.3 Å². The number of aromatic amines is 1. The fourth-order valence-corrected chi connectivity index (χ4v) is 3.22. The Kier molecular flexibility index (Phi) is 6.47. The van der Waals surface area contributed by atoms with Crippen LogP contribution >= 0.6 is 0 Å². The van der Waals surface area contributed by atoms with Crippen molar-refractivity contribution >= 4 is 5.91 Å². The lowest BCUT2D eigenvalue weighted by Crippen LogP contribution is -2.38. The normalized spacial score (nSPS) is 13.7. The second kappa shape index (κ2) is 9.01. The van der Waals surface area contributed by atoms with Crippen LogP contribution in [-0.4, -0.2) is 73.2 Å². The highest BCUT2D eigenvalue weighted by molar-refractivity contribution is 5.76. The van der Waals surface area contributed by atoms with Crippen LogP contribution in [0.3, 0.4) is 0 Å². The smallest absolute Gasteiger partial charge is 0.224 e. The summed E-state index contributed by atoms with van der Waals surface area (Å²) in [7, 11) is 5.35. The Balaban J connectivity index is 1.61. The first-order valence-corrected chi connectivity index (χ1v) is 9.28. The summed E-state index contributed by atoms with van der Waals surface area (Å²) in [5, 5.41) is 0. The fraction of sp³-hybridized carbons (Fsp3) is 0.500. The third kappa shape index (κ3) is 4.87.